The zero-order valence-electron chi connectivity index (χ0n) is 16.6. The maximum absolute atomic E-state index is 13.4. The summed E-state index contributed by atoms with van der Waals surface area (Å²) in [5.41, 5.74) is 6.04. The Hall–Kier alpha value is -2.02. The standard InChI is InChI=1S/C22H24N2O2S2/c1-14-5-7-18(8-6-14)22-23-19-9-10-24(13-20(19)27-22)28(25,26)21-16(3)11-15(2)12-17(21)4/h5-8,11-12H,9-10,13H2,1-4H3. The van der Waals surface area contributed by atoms with Gasteiger partial charge in [-0.05, 0) is 38.8 Å². The summed E-state index contributed by atoms with van der Waals surface area (Å²) in [6.07, 6.45) is 0.654. The highest BCUT2D eigenvalue weighted by Gasteiger charge is 2.32. The van der Waals surface area contributed by atoms with Gasteiger partial charge in [-0.2, -0.15) is 4.31 Å². The zero-order chi connectivity index (χ0) is 20.1. The van der Waals surface area contributed by atoms with Gasteiger partial charge in [-0.3, -0.25) is 0 Å². The van der Waals surface area contributed by atoms with Gasteiger partial charge in [0.25, 0.3) is 0 Å². The van der Waals surface area contributed by atoms with Crippen molar-refractivity contribution in [2.75, 3.05) is 6.54 Å². The van der Waals surface area contributed by atoms with Gasteiger partial charge in [0.2, 0.25) is 10.0 Å². The lowest BCUT2D eigenvalue weighted by atomic mass is 10.1. The average molecular weight is 413 g/mol. The zero-order valence-corrected chi connectivity index (χ0v) is 18.2. The summed E-state index contributed by atoms with van der Waals surface area (Å²) in [4.78, 5) is 6.28. The fraction of sp³-hybridized carbons (Fsp3) is 0.318. The molecule has 28 heavy (non-hydrogen) atoms. The Morgan fingerprint density at radius 3 is 2.25 bits per heavy atom. The monoisotopic (exact) mass is 412 g/mol. The molecule has 0 amide bonds. The van der Waals surface area contributed by atoms with Gasteiger partial charge in [-0.25, -0.2) is 13.4 Å². The normalized spacial score (nSPS) is 14.9. The van der Waals surface area contributed by atoms with Crippen LogP contribution in [0.2, 0.25) is 0 Å². The van der Waals surface area contributed by atoms with Crippen LogP contribution in [0.3, 0.4) is 0 Å². The number of hydrogen-bond donors (Lipinski definition) is 0. The minimum atomic E-state index is -3.53. The van der Waals surface area contributed by atoms with Crippen molar-refractivity contribution in [2.24, 2.45) is 0 Å². The first kappa shape index (κ1) is 19.3. The van der Waals surface area contributed by atoms with Gasteiger partial charge in [0.15, 0.2) is 0 Å². The van der Waals surface area contributed by atoms with Crippen LogP contribution in [0.1, 0.15) is 32.8 Å². The summed E-state index contributed by atoms with van der Waals surface area (Å²) >= 11 is 1.60. The van der Waals surface area contributed by atoms with Gasteiger partial charge in [0, 0.05) is 23.4 Å². The second kappa shape index (κ2) is 7.10. The molecule has 1 aromatic heterocycles. The van der Waals surface area contributed by atoms with E-state index in [-0.39, 0.29) is 0 Å². The third-order valence-electron chi connectivity index (χ3n) is 5.20. The highest BCUT2D eigenvalue weighted by molar-refractivity contribution is 7.89. The molecule has 4 rings (SSSR count). The van der Waals surface area contributed by atoms with Crippen LogP contribution in [0.4, 0.5) is 0 Å². The molecule has 0 atom stereocenters. The Morgan fingerprint density at radius 1 is 0.964 bits per heavy atom. The summed E-state index contributed by atoms with van der Waals surface area (Å²) in [5, 5.41) is 0.965. The molecule has 1 aliphatic rings. The van der Waals surface area contributed by atoms with Crippen molar-refractivity contribution in [3.63, 3.8) is 0 Å². The van der Waals surface area contributed by atoms with Crippen molar-refractivity contribution in [1.29, 1.82) is 0 Å². The van der Waals surface area contributed by atoms with E-state index in [9.17, 15) is 8.42 Å². The summed E-state index contributed by atoms with van der Waals surface area (Å²) < 4.78 is 28.4. The van der Waals surface area contributed by atoms with Crippen LogP contribution < -0.4 is 0 Å². The van der Waals surface area contributed by atoms with Gasteiger partial charge >= 0.3 is 0 Å². The third-order valence-corrected chi connectivity index (χ3v) is 8.48. The molecule has 6 heteroatoms. The molecule has 0 spiro atoms. The summed E-state index contributed by atoms with van der Waals surface area (Å²) in [7, 11) is -3.53. The van der Waals surface area contributed by atoms with Crippen LogP contribution in [0.15, 0.2) is 41.3 Å². The maximum atomic E-state index is 13.4. The highest BCUT2D eigenvalue weighted by Crippen LogP contribution is 2.34. The molecular formula is C22H24N2O2S2. The Labute approximate surface area is 170 Å². The molecule has 2 heterocycles. The van der Waals surface area contributed by atoms with E-state index in [4.69, 9.17) is 4.98 Å². The molecule has 0 saturated heterocycles. The lowest BCUT2D eigenvalue weighted by molar-refractivity contribution is 0.392. The van der Waals surface area contributed by atoms with Crippen molar-refractivity contribution in [1.82, 2.24) is 9.29 Å². The molecule has 1 aliphatic heterocycles. The van der Waals surface area contributed by atoms with Crippen LogP contribution in [0.25, 0.3) is 10.6 Å². The van der Waals surface area contributed by atoms with Gasteiger partial charge in [-0.15, -0.1) is 11.3 Å². The van der Waals surface area contributed by atoms with Gasteiger partial charge < -0.3 is 0 Å². The molecule has 4 nitrogen and oxygen atoms in total. The van der Waals surface area contributed by atoms with E-state index in [1.807, 2.05) is 32.9 Å². The summed E-state index contributed by atoms with van der Waals surface area (Å²) in [6, 6.07) is 12.2. The largest absolute Gasteiger partial charge is 0.243 e. The minimum absolute atomic E-state index is 0.397. The summed E-state index contributed by atoms with van der Waals surface area (Å²) in [6.45, 7) is 8.68. The first-order valence-electron chi connectivity index (χ1n) is 9.39. The number of sulfonamides is 1. The van der Waals surface area contributed by atoms with Crippen LogP contribution in [-0.4, -0.2) is 24.3 Å². The molecule has 146 valence electrons. The fourth-order valence-electron chi connectivity index (χ4n) is 3.90. The number of thiazole rings is 1. The van der Waals surface area contributed by atoms with Gasteiger partial charge in [-0.1, -0.05) is 47.5 Å². The van der Waals surface area contributed by atoms with Crippen molar-refractivity contribution in [3.05, 3.63) is 69.2 Å². The van der Waals surface area contributed by atoms with Crippen LogP contribution >= 0.6 is 11.3 Å². The number of nitrogens with zero attached hydrogens (tertiary/aromatic N) is 2. The molecule has 3 aromatic rings. The first-order valence-corrected chi connectivity index (χ1v) is 11.6. The lowest BCUT2D eigenvalue weighted by Crippen LogP contribution is -2.36. The quantitative estimate of drug-likeness (QED) is 0.621. The number of rotatable bonds is 3. The molecule has 0 N–H and O–H groups in total. The maximum Gasteiger partial charge on any atom is 0.243 e. The lowest BCUT2D eigenvalue weighted by Gasteiger charge is -2.27. The number of fused-ring (bicyclic) bond motifs is 1. The Bertz CT molecular complexity index is 1120. The van der Waals surface area contributed by atoms with Crippen LogP contribution in [-0.2, 0) is 23.0 Å². The molecule has 2 aromatic carbocycles. The van der Waals surface area contributed by atoms with Crippen molar-refractivity contribution in [2.45, 2.75) is 45.6 Å². The van der Waals surface area contributed by atoms with Crippen molar-refractivity contribution < 1.29 is 8.42 Å². The van der Waals surface area contributed by atoms with Gasteiger partial charge in [0.1, 0.15) is 5.01 Å². The van der Waals surface area contributed by atoms with Crippen LogP contribution in [0, 0.1) is 27.7 Å². The number of aromatic nitrogens is 1. The Kier molecular flexibility index (Phi) is 4.89. The predicted octanol–water partition coefficient (Wildman–Crippen LogP) is 4.79. The van der Waals surface area contributed by atoms with E-state index in [2.05, 4.69) is 31.2 Å². The van der Waals surface area contributed by atoms with E-state index >= 15 is 0 Å². The Morgan fingerprint density at radius 2 is 1.61 bits per heavy atom. The highest BCUT2D eigenvalue weighted by atomic mass is 32.2. The molecular weight excluding hydrogens is 388 g/mol. The minimum Gasteiger partial charge on any atom is -0.241 e. The molecule has 0 aliphatic carbocycles. The van der Waals surface area contributed by atoms with E-state index in [1.165, 1.54) is 5.56 Å². The van der Waals surface area contributed by atoms with Crippen molar-refractivity contribution in [3.8, 4) is 10.6 Å². The first-order chi connectivity index (χ1) is 13.3. The average Bonchev–Trinajstić information content (AvgIpc) is 3.04. The van der Waals surface area contributed by atoms with E-state index < -0.39 is 10.0 Å². The second-order valence-electron chi connectivity index (χ2n) is 7.57. The Balaban J connectivity index is 1.66. The van der Waals surface area contributed by atoms with E-state index in [1.54, 1.807) is 15.6 Å². The van der Waals surface area contributed by atoms with Crippen LogP contribution in [0.5, 0.6) is 0 Å². The molecule has 0 unspecified atom stereocenters. The van der Waals surface area contributed by atoms with Crippen molar-refractivity contribution >= 4 is 21.4 Å². The van der Waals surface area contributed by atoms with Gasteiger partial charge in [0.05, 0.1) is 17.1 Å². The van der Waals surface area contributed by atoms with E-state index in [0.29, 0.717) is 24.4 Å². The topological polar surface area (TPSA) is 50.3 Å². The fourth-order valence-corrected chi connectivity index (χ4v) is 6.93. The predicted molar refractivity (Wildman–Crippen MR) is 114 cm³/mol. The number of hydrogen-bond acceptors (Lipinski definition) is 4. The smallest absolute Gasteiger partial charge is 0.241 e. The molecule has 0 radical (unpaired) electrons. The molecule has 0 bridgehead atoms. The molecule has 0 saturated carbocycles. The SMILES string of the molecule is Cc1ccc(-c2nc3c(s2)CN(S(=O)(=O)c2c(C)cc(C)cc2C)CC3)cc1. The summed E-state index contributed by atoms with van der Waals surface area (Å²) in [5.74, 6) is 0. The second-order valence-corrected chi connectivity index (χ2v) is 10.5. The van der Waals surface area contributed by atoms with E-state index in [0.717, 1.165) is 37.8 Å². The molecule has 0 fully saturated rings. The third kappa shape index (κ3) is 3.41. The number of aryl methyl sites for hydroxylation is 4. The number of benzene rings is 2.